The maximum absolute atomic E-state index is 12.2. The lowest BCUT2D eigenvalue weighted by Gasteiger charge is -2.23. The Balaban J connectivity index is 1.66. The third-order valence-electron chi connectivity index (χ3n) is 3.95. The fourth-order valence-corrected chi connectivity index (χ4v) is 3.50. The predicted octanol–water partition coefficient (Wildman–Crippen LogP) is 2.00. The fraction of sp³-hybridized carbons (Fsp3) is 0.467. The Bertz CT molecular complexity index is 664. The van der Waals surface area contributed by atoms with E-state index in [9.17, 15) is 10.0 Å². The largest absolute Gasteiger partial charge is 0.617 e. The van der Waals surface area contributed by atoms with Crippen molar-refractivity contribution < 1.29 is 14.3 Å². The van der Waals surface area contributed by atoms with Crippen molar-refractivity contribution in [3.63, 3.8) is 0 Å². The van der Waals surface area contributed by atoms with Crippen LogP contribution in [0.2, 0.25) is 0 Å². The molecule has 0 spiro atoms. The van der Waals surface area contributed by atoms with Gasteiger partial charge < -0.3 is 15.3 Å². The number of fused-ring (bicyclic) bond motifs is 1. The quantitative estimate of drug-likeness (QED) is 0.679. The van der Waals surface area contributed by atoms with E-state index in [4.69, 9.17) is 4.74 Å². The normalized spacial score (nSPS) is 14.9. The van der Waals surface area contributed by atoms with Crippen molar-refractivity contribution in [2.75, 3.05) is 13.7 Å². The van der Waals surface area contributed by atoms with E-state index in [0.29, 0.717) is 23.5 Å². The van der Waals surface area contributed by atoms with Crippen LogP contribution in [0.15, 0.2) is 18.2 Å². The van der Waals surface area contributed by atoms with Crippen LogP contribution in [0.4, 0.5) is 0 Å². The van der Waals surface area contributed by atoms with Gasteiger partial charge in [0.15, 0.2) is 0 Å². The van der Waals surface area contributed by atoms with Crippen molar-refractivity contribution in [2.24, 2.45) is 5.92 Å². The smallest absolute Gasteiger partial charge is 0.251 e. The molecule has 1 saturated carbocycles. The van der Waals surface area contributed by atoms with E-state index in [1.54, 1.807) is 19.2 Å². The molecule has 0 aliphatic heterocycles. The first-order valence-electron chi connectivity index (χ1n) is 7.15. The lowest BCUT2D eigenvalue weighted by atomic mass is 9.85. The molecule has 0 unspecified atom stereocenters. The number of amides is 1. The molecule has 3 rings (SSSR count). The lowest BCUT2D eigenvalue weighted by Crippen LogP contribution is -2.37. The Hall–Kier alpha value is -1.82. The number of hydrogen-bond acceptors (Lipinski definition) is 4. The molecule has 1 heterocycles. The number of carbonyl (C=O) groups is 1. The molecule has 0 bridgehead atoms. The van der Waals surface area contributed by atoms with Gasteiger partial charge in [-0.2, -0.15) is 4.73 Å². The maximum atomic E-state index is 12.2. The highest BCUT2D eigenvalue weighted by Crippen LogP contribution is 2.27. The van der Waals surface area contributed by atoms with Gasteiger partial charge >= 0.3 is 0 Å². The maximum Gasteiger partial charge on any atom is 0.251 e. The summed E-state index contributed by atoms with van der Waals surface area (Å²) in [7, 11) is 1.61. The first-order valence-corrected chi connectivity index (χ1v) is 7.97. The van der Waals surface area contributed by atoms with Crippen molar-refractivity contribution in [3.05, 3.63) is 28.4 Å². The summed E-state index contributed by atoms with van der Waals surface area (Å²) in [6.07, 6.45) is 3.70. The zero-order valence-electron chi connectivity index (χ0n) is 11.9. The van der Waals surface area contributed by atoms with Crippen LogP contribution in [0.5, 0.6) is 5.75 Å². The molecule has 1 aromatic heterocycles. The first-order chi connectivity index (χ1) is 10.2. The molecule has 1 fully saturated rings. The molecule has 6 heteroatoms. The molecule has 2 aromatic rings. The van der Waals surface area contributed by atoms with Gasteiger partial charge in [-0.3, -0.25) is 4.79 Å². The minimum atomic E-state index is 0.126. The van der Waals surface area contributed by atoms with E-state index in [1.165, 1.54) is 11.3 Å². The number of hydrogen-bond donors (Lipinski definition) is 1. The number of thiazole rings is 1. The van der Waals surface area contributed by atoms with Gasteiger partial charge in [-0.05, 0) is 18.9 Å². The molecule has 5 nitrogen and oxygen atoms in total. The van der Waals surface area contributed by atoms with Gasteiger partial charge in [0.25, 0.3) is 5.01 Å². The highest BCUT2D eigenvalue weighted by Gasteiger charge is 2.25. The second-order valence-electron chi connectivity index (χ2n) is 5.29. The zero-order chi connectivity index (χ0) is 14.8. The average molecular weight is 306 g/mol. The summed E-state index contributed by atoms with van der Waals surface area (Å²) in [5.41, 5.74) is 0.654. The Kier molecular flexibility index (Phi) is 3.96. The van der Waals surface area contributed by atoms with Gasteiger partial charge in [0.1, 0.15) is 10.4 Å². The van der Waals surface area contributed by atoms with Crippen LogP contribution in [0.3, 0.4) is 0 Å². The summed E-state index contributed by atoms with van der Waals surface area (Å²) in [6.45, 7) is 0.515. The summed E-state index contributed by atoms with van der Waals surface area (Å²) >= 11 is 1.45. The third kappa shape index (κ3) is 2.81. The second-order valence-corrected chi connectivity index (χ2v) is 6.41. The molecule has 21 heavy (non-hydrogen) atoms. The third-order valence-corrected chi connectivity index (χ3v) is 5.11. The Morgan fingerprint density at radius 1 is 1.52 bits per heavy atom. The van der Waals surface area contributed by atoms with Crippen molar-refractivity contribution in [1.82, 2.24) is 5.32 Å². The number of nitrogens with zero attached hydrogens (tertiary/aromatic N) is 1. The molecule has 0 saturated heterocycles. The molecule has 0 atom stereocenters. The van der Waals surface area contributed by atoms with E-state index >= 15 is 0 Å². The Morgan fingerprint density at radius 2 is 2.33 bits per heavy atom. The van der Waals surface area contributed by atoms with Crippen LogP contribution in [0.25, 0.3) is 10.2 Å². The molecule has 1 aliphatic carbocycles. The minimum Gasteiger partial charge on any atom is -0.617 e. The number of methoxy groups -OCH3 is 1. The molecule has 1 N–H and O–H groups in total. The highest BCUT2D eigenvalue weighted by molar-refractivity contribution is 7.18. The van der Waals surface area contributed by atoms with Crippen LogP contribution >= 0.6 is 11.3 Å². The summed E-state index contributed by atoms with van der Waals surface area (Å²) in [6, 6.07) is 5.42. The van der Waals surface area contributed by atoms with E-state index in [1.807, 2.05) is 6.07 Å². The Morgan fingerprint density at radius 3 is 3.00 bits per heavy atom. The van der Waals surface area contributed by atoms with Crippen LogP contribution in [-0.2, 0) is 11.2 Å². The van der Waals surface area contributed by atoms with Crippen molar-refractivity contribution >= 4 is 27.5 Å². The highest BCUT2D eigenvalue weighted by atomic mass is 32.1. The number of aromatic nitrogens is 1. The average Bonchev–Trinajstić information content (AvgIpc) is 2.73. The van der Waals surface area contributed by atoms with E-state index in [2.05, 4.69) is 5.32 Å². The summed E-state index contributed by atoms with van der Waals surface area (Å²) in [5.74, 6) is 1.06. The van der Waals surface area contributed by atoms with Gasteiger partial charge in [-0.25, -0.2) is 0 Å². The lowest BCUT2D eigenvalue weighted by molar-refractivity contribution is -0.580. The van der Waals surface area contributed by atoms with Gasteiger partial charge in [-0.1, -0.05) is 17.8 Å². The van der Waals surface area contributed by atoms with Gasteiger partial charge in [0, 0.05) is 24.6 Å². The van der Waals surface area contributed by atoms with Gasteiger partial charge in [-0.15, -0.1) is 0 Å². The molecular weight excluding hydrogens is 288 g/mol. The predicted molar refractivity (Wildman–Crippen MR) is 81.4 cm³/mol. The summed E-state index contributed by atoms with van der Waals surface area (Å²) in [5, 5.41) is 15.8. The summed E-state index contributed by atoms with van der Waals surface area (Å²) < 4.78 is 7.03. The minimum absolute atomic E-state index is 0.126. The molecule has 1 aliphatic rings. The van der Waals surface area contributed by atoms with Crippen molar-refractivity contribution in [3.8, 4) is 5.75 Å². The van der Waals surface area contributed by atoms with Crippen LogP contribution < -0.4 is 14.8 Å². The van der Waals surface area contributed by atoms with E-state index < -0.39 is 0 Å². The van der Waals surface area contributed by atoms with Crippen LogP contribution in [-0.4, -0.2) is 19.6 Å². The monoisotopic (exact) mass is 306 g/mol. The number of benzene rings is 1. The van der Waals surface area contributed by atoms with Crippen molar-refractivity contribution in [1.29, 1.82) is 0 Å². The second kappa shape index (κ2) is 5.89. The topological polar surface area (TPSA) is 65.3 Å². The number of rotatable bonds is 5. The molecule has 112 valence electrons. The standard InChI is InChI=1S/C15H18N2O3S/c1-20-11-5-6-12-13(9-11)21-14(17(12)19)7-8-16-15(18)10-3-2-4-10/h5-6,9-10H,2-4,7-8H2,1H3,(H,16,18). The number of ether oxygens (including phenoxy) is 1. The van der Waals surface area contributed by atoms with Crippen molar-refractivity contribution in [2.45, 2.75) is 25.7 Å². The van der Waals surface area contributed by atoms with E-state index in [0.717, 1.165) is 34.4 Å². The van der Waals surface area contributed by atoms with Gasteiger partial charge in [0.2, 0.25) is 11.4 Å². The van der Waals surface area contributed by atoms with Crippen LogP contribution in [0.1, 0.15) is 24.3 Å². The van der Waals surface area contributed by atoms with Crippen LogP contribution in [0, 0.1) is 11.1 Å². The molecular formula is C15H18N2O3S. The summed E-state index contributed by atoms with van der Waals surface area (Å²) in [4.78, 5) is 11.7. The Labute approximate surface area is 127 Å². The SMILES string of the molecule is COc1ccc2c(c1)sc(CCNC(=O)C1CCC1)[n+]2[O-]. The fourth-order valence-electron chi connectivity index (χ4n) is 2.43. The van der Waals surface area contributed by atoms with Gasteiger partial charge in [0.05, 0.1) is 13.5 Å². The molecule has 1 aromatic carbocycles. The first kappa shape index (κ1) is 14.1. The van der Waals surface area contributed by atoms with E-state index in [-0.39, 0.29) is 11.8 Å². The number of nitrogens with one attached hydrogen (secondary N) is 1. The zero-order valence-corrected chi connectivity index (χ0v) is 12.7. The number of carbonyl (C=O) groups excluding carboxylic acids is 1. The molecule has 0 radical (unpaired) electrons. The molecule has 1 amide bonds.